The fourth-order valence-electron chi connectivity index (χ4n) is 0.279. The van der Waals surface area contributed by atoms with Crippen molar-refractivity contribution in [1.29, 1.82) is 0 Å². The summed E-state index contributed by atoms with van der Waals surface area (Å²) in [5.74, 6) is 0. The molecule has 0 radical (unpaired) electrons. The third-order valence-corrected chi connectivity index (χ3v) is 2.39. The monoisotopic (exact) mass is 224 g/mol. The molecule has 38 valence electrons. The molecule has 0 fully saturated rings. The lowest BCUT2D eigenvalue weighted by Crippen LogP contribution is -1.67. The highest BCUT2D eigenvalue weighted by atomic mass is 79.9. The Morgan fingerprint density at radius 2 is 2.14 bits per heavy atom. The van der Waals surface area contributed by atoms with Crippen LogP contribution in [0.1, 0.15) is 0 Å². The van der Waals surface area contributed by atoms with Gasteiger partial charge in [0.2, 0.25) is 0 Å². The Labute approximate surface area is 58.0 Å². The SMILES string of the molecule is BrC1=C(Br)N=NC1. The molecule has 0 unspecified atom stereocenters. The van der Waals surface area contributed by atoms with E-state index in [1.165, 1.54) is 0 Å². The molecule has 0 amide bonds. The molecule has 1 heterocycles. The predicted octanol–water partition coefficient (Wildman–Crippen LogP) is 2.41. The molecule has 2 nitrogen and oxygen atoms in total. The Hall–Kier alpha value is 0.300. The van der Waals surface area contributed by atoms with Gasteiger partial charge in [0.25, 0.3) is 0 Å². The minimum atomic E-state index is 0.681. The Morgan fingerprint density at radius 1 is 1.43 bits per heavy atom. The second-order valence-corrected chi connectivity index (χ2v) is 2.80. The number of halogens is 2. The van der Waals surface area contributed by atoms with E-state index in [2.05, 4.69) is 42.1 Å². The van der Waals surface area contributed by atoms with Gasteiger partial charge in [-0.25, -0.2) is 0 Å². The van der Waals surface area contributed by atoms with Crippen LogP contribution in [0.5, 0.6) is 0 Å². The first kappa shape index (κ1) is 5.44. The van der Waals surface area contributed by atoms with Crippen LogP contribution in [0.4, 0.5) is 0 Å². The third kappa shape index (κ3) is 1.10. The van der Waals surface area contributed by atoms with Crippen molar-refractivity contribution in [2.45, 2.75) is 0 Å². The number of rotatable bonds is 0. The second kappa shape index (κ2) is 2.05. The van der Waals surface area contributed by atoms with Crippen LogP contribution >= 0.6 is 31.9 Å². The summed E-state index contributed by atoms with van der Waals surface area (Å²) in [7, 11) is 0. The molecular weight excluding hydrogens is 224 g/mol. The summed E-state index contributed by atoms with van der Waals surface area (Å²) in [4.78, 5) is 0. The maximum atomic E-state index is 3.70. The molecule has 0 aromatic rings. The first-order valence-corrected chi connectivity index (χ1v) is 3.31. The van der Waals surface area contributed by atoms with Crippen molar-refractivity contribution < 1.29 is 0 Å². The van der Waals surface area contributed by atoms with Crippen LogP contribution in [0.3, 0.4) is 0 Å². The molecule has 1 rings (SSSR count). The van der Waals surface area contributed by atoms with Crippen molar-refractivity contribution in [3.63, 3.8) is 0 Å². The molecule has 4 heteroatoms. The molecule has 0 saturated heterocycles. The molecule has 0 atom stereocenters. The minimum absolute atomic E-state index is 0.681. The summed E-state index contributed by atoms with van der Waals surface area (Å²) >= 11 is 6.42. The average molecular weight is 226 g/mol. The van der Waals surface area contributed by atoms with Crippen LogP contribution in [-0.2, 0) is 0 Å². The quantitative estimate of drug-likeness (QED) is 0.566. The third-order valence-electron chi connectivity index (χ3n) is 0.592. The fourth-order valence-corrected chi connectivity index (χ4v) is 0.708. The van der Waals surface area contributed by atoms with Crippen molar-refractivity contribution in [3.8, 4) is 0 Å². The Kier molecular flexibility index (Phi) is 1.59. The lowest BCUT2D eigenvalue weighted by molar-refractivity contribution is 1.13. The molecule has 7 heavy (non-hydrogen) atoms. The van der Waals surface area contributed by atoms with E-state index in [-0.39, 0.29) is 0 Å². The van der Waals surface area contributed by atoms with Gasteiger partial charge in [-0.2, -0.15) is 5.11 Å². The zero-order valence-corrected chi connectivity index (χ0v) is 6.53. The van der Waals surface area contributed by atoms with Crippen LogP contribution in [0, 0.1) is 0 Å². The largest absolute Gasteiger partial charge is 0.183 e. The first-order valence-electron chi connectivity index (χ1n) is 1.72. The first-order chi connectivity index (χ1) is 3.30. The molecule has 1 aliphatic heterocycles. The van der Waals surface area contributed by atoms with Crippen molar-refractivity contribution >= 4 is 31.9 Å². The van der Waals surface area contributed by atoms with E-state index in [1.54, 1.807) is 0 Å². The van der Waals surface area contributed by atoms with Crippen LogP contribution in [0.2, 0.25) is 0 Å². The Balaban J connectivity index is 2.79. The molecule has 0 N–H and O–H groups in total. The van der Waals surface area contributed by atoms with E-state index in [1.807, 2.05) is 0 Å². The molecule has 0 spiro atoms. The molecular formula is C3H2Br2N2. The standard InChI is InChI=1S/C3H2Br2N2/c4-2-1-6-7-3(2)5/h1H2. The van der Waals surface area contributed by atoms with Gasteiger partial charge in [0.05, 0.1) is 11.0 Å². The normalized spacial score (nSPS) is 19.1. The highest BCUT2D eigenvalue weighted by Crippen LogP contribution is 2.24. The van der Waals surface area contributed by atoms with Crippen molar-refractivity contribution in [2.75, 3.05) is 6.54 Å². The van der Waals surface area contributed by atoms with Gasteiger partial charge in [0.1, 0.15) is 4.61 Å². The summed E-state index contributed by atoms with van der Waals surface area (Å²) in [5.41, 5.74) is 0. The van der Waals surface area contributed by atoms with Gasteiger partial charge in [-0.3, -0.25) is 0 Å². The van der Waals surface area contributed by atoms with E-state index in [9.17, 15) is 0 Å². The number of azo groups is 1. The van der Waals surface area contributed by atoms with Gasteiger partial charge < -0.3 is 0 Å². The van der Waals surface area contributed by atoms with Gasteiger partial charge in [0, 0.05) is 0 Å². The second-order valence-electron chi connectivity index (χ2n) is 1.10. The molecule has 0 saturated carbocycles. The number of nitrogens with zero attached hydrogens (tertiary/aromatic N) is 2. The maximum absolute atomic E-state index is 3.70. The summed E-state index contributed by atoms with van der Waals surface area (Å²) in [6.45, 7) is 0.681. The maximum Gasteiger partial charge on any atom is 0.140 e. The van der Waals surface area contributed by atoms with Crippen LogP contribution in [0.15, 0.2) is 19.3 Å². The van der Waals surface area contributed by atoms with E-state index < -0.39 is 0 Å². The molecule has 0 bridgehead atoms. The van der Waals surface area contributed by atoms with Crippen LogP contribution in [0.25, 0.3) is 0 Å². The van der Waals surface area contributed by atoms with Gasteiger partial charge in [-0.15, -0.1) is 5.11 Å². The van der Waals surface area contributed by atoms with Gasteiger partial charge in [-0.05, 0) is 15.9 Å². The van der Waals surface area contributed by atoms with Crippen molar-refractivity contribution in [3.05, 3.63) is 9.09 Å². The highest BCUT2D eigenvalue weighted by Gasteiger charge is 2.03. The summed E-state index contributed by atoms with van der Waals surface area (Å²) in [5, 5.41) is 7.39. The zero-order chi connectivity index (χ0) is 5.28. The Morgan fingerprint density at radius 3 is 2.29 bits per heavy atom. The fraction of sp³-hybridized carbons (Fsp3) is 0.333. The summed E-state index contributed by atoms with van der Waals surface area (Å²) in [6, 6.07) is 0. The summed E-state index contributed by atoms with van der Waals surface area (Å²) < 4.78 is 1.83. The average Bonchev–Trinajstić information content (AvgIpc) is 1.91. The van der Waals surface area contributed by atoms with Crippen molar-refractivity contribution in [1.82, 2.24) is 0 Å². The minimum Gasteiger partial charge on any atom is -0.183 e. The highest BCUT2D eigenvalue weighted by molar-refractivity contribution is 9.14. The van der Waals surface area contributed by atoms with Gasteiger partial charge >= 0.3 is 0 Å². The summed E-state index contributed by atoms with van der Waals surface area (Å²) in [6.07, 6.45) is 0. The smallest absolute Gasteiger partial charge is 0.140 e. The van der Waals surface area contributed by atoms with Gasteiger partial charge in [0.15, 0.2) is 0 Å². The topological polar surface area (TPSA) is 24.7 Å². The van der Waals surface area contributed by atoms with E-state index >= 15 is 0 Å². The van der Waals surface area contributed by atoms with E-state index in [0.29, 0.717) is 6.54 Å². The Bertz CT molecular complexity index is 138. The lowest BCUT2D eigenvalue weighted by Gasteiger charge is -1.77. The number of hydrogen-bond donors (Lipinski definition) is 0. The lowest BCUT2D eigenvalue weighted by atomic mass is 10.6. The zero-order valence-electron chi connectivity index (χ0n) is 3.36. The van der Waals surface area contributed by atoms with E-state index in [4.69, 9.17) is 0 Å². The van der Waals surface area contributed by atoms with Crippen molar-refractivity contribution in [2.24, 2.45) is 10.2 Å². The van der Waals surface area contributed by atoms with Crippen LogP contribution in [-0.4, -0.2) is 6.54 Å². The van der Waals surface area contributed by atoms with E-state index in [0.717, 1.165) is 9.09 Å². The van der Waals surface area contributed by atoms with Crippen LogP contribution < -0.4 is 0 Å². The molecule has 0 aromatic heterocycles. The predicted molar refractivity (Wildman–Crippen MR) is 34.6 cm³/mol. The molecule has 0 aliphatic carbocycles. The van der Waals surface area contributed by atoms with Gasteiger partial charge in [-0.1, -0.05) is 15.9 Å². The number of hydrogen-bond acceptors (Lipinski definition) is 2. The molecule has 0 aromatic carbocycles. The molecule has 1 aliphatic rings.